The van der Waals surface area contributed by atoms with Crippen LogP contribution < -0.4 is 5.32 Å². The SMILES string of the molecule is Cc1ncc(S(C)(=O)=O)c(NCCN(C)C)n1. The molecule has 0 aromatic carbocycles. The number of nitrogens with zero attached hydrogens (tertiary/aromatic N) is 3. The van der Waals surface area contributed by atoms with Crippen molar-refractivity contribution in [2.75, 3.05) is 38.8 Å². The van der Waals surface area contributed by atoms with Gasteiger partial charge in [-0.25, -0.2) is 18.4 Å². The lowest BCUT2D eigenvalue weighted by molar-refractivity contribution is 0.425. The Hall–Kier alpha value is -1.21. The molecule has 0 aliphatic heterocycles. The van der Waals surface area contributed by atoms with Crippen molar-refractivity contribution in [1.29, 1.82) is 0 Å². The second-order valence-corrected chi connectivity index (χ2v) is 6.12. The number of aryl methyl sites for hydroxylation is 1. The summed E-state index contributed by atoms with van der Waals surface area (Å²) in [5, 5.41) is 3.02. The first-order valence-corrected chi connectivity index (χ1v) is 7.12. The lowest BCUT2D eigenvalue weighted by atomic mass is 10.5. The fourth-order valence-electron chi connectivity index (χ4n) is 1.25. The zero-order valence-electron chi connectivity index (χ0n) is 10.6. The summed E-state index contributed by atoms with van der Waals surface area (Å²) in [6, 6.07) is 0. The third-order valence-corrected chi connectivity index (χ3v) is 3.22. The summed E-state index contributed by atoms with van der Waals surface area (Å²) in [4.78, 5) is 10.2. The zero-order valence-corrected chi connectivity index (χ0v) is 11.4. The van der Waals surface area contributed by atoms with Crippen molar-refractivity contribution in [2.24, 2.45) is 0 Å². The van der Waals surface area contributed by atoms with Gasteiger partial charge in [0.1, 0.15) is 16.5 Å². The molecule has 0 aliphatic rings. The predicted octanol–water partition coefficient (Wildman–Crippen LogP) is 0.162. The second kappa shape index (κ2) is 5.42. The van der Waals surface area contributed by atoms with Crippen molar-refractivity contribution in [2.45, 2.75) is 11.8 Å². The van der Waals surface area contributed by atoms with Gasteiger partial charge in [0.2, 0.25) is 0 Å². The molecule has 0 amide bonds. The molecule has 17 heavy (non-hydrogen) atoms. The van der Waals surface area contributed by atoms with Gasteiger partial charge < -0.3 is 10.2 Å². The molecule has 1 heterocycles. The molecule has 7 heteroatoms. The van der Waals surface area contributed by atoms with E-state index in [2.05, 4.69) is 15.3 Å². The van der Waals surface area contributed by atoms with Gasteiger partial charge in [-0.2, -0.15) is 0 Å². The van der Waals surface area contributed by atoms with Gasteiger partial charge >= 0.3 is 0 Å². The maximum absolute atomic E-state index is 11.5. The van der Waals surface area contributed by atoms with Crippen LogP contribution in [0.4, 0.5) is 5.82 Å². The van der Waals surface area contributed by atoms with Gasteiger partial charge in [0.15, 0.2) is 9.84 Å². The first-order valence-electron chi connectivity index (χ1n) is 5.23. The van der Waals surface area contributed by atoms with Crippen LogP contribution in [0.3, 0.4) is 0 Å². The van der Waals surface area contributed by atoms with E-state index >= 15 is 0 Å². The molecular weight excluding hydrogens is 240 g/mol. The molecule has 1 rings (SSSR count). The molecule has 0 bridgehead atoms. The Morgan fingerprint density at radius 3 is 2.59 bits per heavy atom. The van der Waals surface area contributed by atoms with E-state index in [0.717, 1.165) is 12.8 Å². The molecule has 0 atom stereocenters. The summed E-state index contributed by atoms with van der Waals surface area (Å²) >= 11 is 0. The minimum Gasteiger partial charge on any atom is -0.368 e. The second-order valence-electron chi connectivity index (χ2n) is 4.13. The molecule has 0 aliphatic carbocycles. The van der Waals surface area contributed by atoms with E-state index in [1.807, 2.05) is 19.0 Å². The van der Waals surface area contributed by atoms with E-state index in [1.54, 1.807) is 6.92 Å². The summed E-state index contributed by atoms with van der Waals surface area (Å²) < 4.78 is 23.1. The number of rotatable bonds is 5. The molecule has 0 saturated carbocycles. The van der Waals surface area contributed by atoms with E-state index in [9.17, 15) is 8.42 Å². The monoisotopic (exact) mass is 258 g/mol. The highest BCUT2D eigenvalue weighted by atomic mass is 32.2. The topological polar surface area (TPSA) is 75.2 Å². The van der Waals surface area contributed by atoms with Crippen molar-refractivity contribution in [3.8, 4) is 0 Å². The number of hydrogen-bond acceptors (Lipinski definition) is 6. The fourth-order valence-corrected chi connectivity index (χ4v) is 1.97. The largest absolute Gasteiger partial charge is 0.368 e. The van der Waals surface area contributed by atoms with E-state index in [0.29, 0.717) is 18.2 Å². The zero-order chi connectivity index (χ0) is 13.1. The highest BCUT2D eigenvalue weighted by molar-refractivity contribution is 7.90. The first kappa shape index (κ1) is 13.9. The van der Waals surface area contributed by atoms with Crippen LogP contribution in [0.1, 0.15) is 5.82 Å². The minimum absolute atomic E-state index is 0.141. The van der Waals surface area contributed by atoms with Crippen molar-refractivity contribution in [3.05, 3.63) is 12.0 Å². The summed E-state index contributed by atoms with van der Waals surface area (Å²) in [6.45, 7) is 3.15. The van der Waals surface area contributed by atoms with Crippen LogP contribution in [0, 0.1) is 6.92 Å². The lowest BCUT2D eigenvalue weighted by Crippen LogP contribution is -2.22. The van der Waals surface area contributed by atoms with Crippen molar-refractivity contribution >= 4 is 15.7 Å². The van der Waals surface area contributed by atoms with Gasteiger partial charge in [-0.05, 0) is 21.0 Å². The molecule has 0 saturated heterocycles. The Morgan fingerprint density at radius 2 is 2.06 bits per heavy atom. The van der Waals surface area contributed by atoms with Crippen LogP contribution in [0.2, 0.25) is 0 Å². The highest BCUT2D eigenvalue weighted by Crippen LogP contribution is 2.17. The van der Waals surface area contributed by atoms with Crippen LogP contribution in [-0.2, 0) is 9.84 Å². The van der Waals surface area contributed by atoms with Crippen LogP contribution in [0.5, 0.6) is 0 Å². The number of likely N-dealkylation sites (N-methyl/N-ethyl adjacent to an activating group) is 1. The lowest BCUT2D eigenvalue weighted by Gasteiger charge is -2.13. The Labute approximate surface area is 102 Å². The van der Waals surface area contributed by atoms with Crippen molar-refractivity contribution < 1.29 is 8.42 Å². The van der Waals surface area contributed by atoms with Crippen LogP contribution >= 0.6 is 0 Å². The summed E-state index contributed by atoms with van der Waals surface area (Å²) in [6.07, 6.45) is 2.49. The highest BCUT2D eigenvalue weighted by Gasteiger charge is 2.15. The van der Waals surface area contributed by atoms with Crippen LogP contribution in [0.15, 0.2) is 11.1 Å². The number of nitrogens with one attached hydrogen (secondary N) is 1. The summed E-state index contributed by atoms with van der Waals surface area (Å²) in [5.74, 6) is 0.923. The van der Waals surface area contributed by atoms with Crippen LogP contribution in [-0.4, -0.2) is 56.7 Å². The molecule has 0 unspecified atom stereocenters. The van der Waals surface area contributed by atoms with Gasteiger partial charge in [0.25, 0.3) is 0 Å². The molecule has 0 spiro atoms. The smallest absolute Gasteiger partial charge is 0.180 e. The normalized spacial score (nSPS) is 11.8. The van der Waals surface area contributed by atoms with E-state index in [1.165, 1.54) is 6.20 Å². The minimum atomic E-state index is -3.30. The third-order valence-electron chi connectivity index (χ3n) is 2.13. The predicted molar refractivity (Wildman–Crippen MR) is 66.9 cm³/mol. The van der Waals surface area contributed by atoms with Crippen molar-refractivity contribution in [3.63, 3.8) is 0 Å². The summed E-state index contributed by atoms with van der Waals surface area (Å²) in [7, 11) is 0.596. The van der Waals surface area contributed by atoms with Crippen molar-refractivity contribution in [1.82, 2.24) is 14.9 Å². The van der Waals surface area contributed by atoms with Gasteiger partial charge in [0, 0.05) is 19.3 Å². The first-order chi connectivity index (χ1) is 7.80. The quantitative estimate of drug-likeness (QED) is 0.811. The standard InChI is InChI=1S/C10H18N4O2S/c1-8-12-7-9(17(4,15)16)10(13-8)11-5-6-14(2)3/h7H,5-6H2,1-4H3,(H,11,12,13). The molecule has 6 nitrogen and oxygen atoms in total. The van der Waals surface area contributed by atoms with Gasteiger partial charge in [-0.3, -0.25) is 0 Å². The van der Waals surface area contributed by atoms with Gasteiger partial charge in [-0.15, -0.1) is 0 Å². The maximum Gasteiger partial charge on any atom is 0.180 e. The Kier molecular flexibility index (Phi) is 4.41. The van der Waals surface area contributed by atoms with E-state index in [4.69, 9.17) is 0 Å². The Bertz CT molecular complexity index is 485. The average molecular weight is 258 g/mol. The molecule has 0 fully saturated rings. The number of aromatic nitrogens is 2. The Balaban J connectivity index is 2.92. The third kappa shape index (κ3) is 4.27. The number of hydrogen-bond donors (Lipinski definition) is 1. The van der Waals surface area contributed by atoms with Gasteiger partial charge in [0.05, 0.1) is 6.20 Å². The Morgan fingerprint density at radius 1 is 1.41 bits per heavy atom. The molecular formula is C10H18N4O2S. The van der Waals surface area contributed by atoms with Crippen LogP contribution in [0.25, 0.3) is 0 Å². The summed E-state index contributed by atoms with van der Waals surface area (Å²) in [5.41, 5.74) is 0. The van der Waals surface area contributed by atoms with E-state index in [-0.39, 0.29) is 4.90 Å². The maximum atomic E-state index is 11.5. The molecule has 0 radical (unpaired) electrons. The van der Waals surface area contributed by atoms with E-state index < -0.39 is 9.84 Å². The number of anilines is 1. The fraction of sp³-hybridized carbons (Fsp3) is 0.600. The molecule has 1 N–H and O–H groups in total. The average Bonchev–Trinajstić information content (AvgIpc) is 2.15. The molecule has 1 aromatic rings. The molecule has 1 aromatic heterocycles. The number of sulfone groups is 1. The van der Waals surface area contributed by atoms with Gasteiger partial charge in [-0.1, -0.05) is 0 Å². The molecule has 96 valence electrons.